The van der Waals surface area contributed by atoms with Gasteiger partial charge in [-0.3, -0.25) is 0 Å². The second kappa shape index (κ2) is 11.0. The summed E-state index contributed by atoms with van der Waals surface area (Å²) in [5.41, 5.74) is 0. The van der Waals surface area contributed by atoms with Crippen LogP contribution in [0.5, 0.6) is 0 Å². The number of esters is 3. The summed E-state index contributed by atoms with van der Waals surface area (Å²) < 4.78 is 19.2. The topological polar surface area (TPSA) is 146 Å². The maximum atomic E-state index is 11.7. The van der Waals surface area contributed by atoms with Crippen LogP contribution in [0.1, 0.15) is 27.7 Å². The Hall–Kier alpha value is -1.77. The lowest BCUT2D eigenvalue weighted by atomic mass is 10.4. The van der Waals surface area contributed by atoms with E-state index < -0.39 is 56.4 Å². The molecule has 5 atom stereocenters. The van der Waals surface area contributed by atoms with Crippen molar-refractivity contribution in [3.8, 4) is 0 Å². The molecular formula is C14H24O10P+. The fourth-order valence-corrected chi connectivity index (χ4v) is 2.13. The van der Waals surface area contributed by atoms with Crippen molar-refractivity contribution in [1.82, 2.24) is 0 Å². The summed E-state index contributed by atoms with van der Waals surface area (Å²) in [7, 11) is -1.90. The summed E-state index contributed by atoms with van der Waals surface area (Å²) in [5.74, 6) is -3.63. The molecule has 5 unspecified atom stereocenters. The van der Waals surface area contributed by atoms with Gasteiger partial charge in [-0.25, -0.2) is 19.2 Å². The number of aliphatic hydroxyl groups is 2. The first kappa shape index (κ1) is 23.2. The number of aliphatic hydroxyl groups excluding tert-OH is 2. The Kier molecular flexibility index (Phi) is 10.2. The van der Waals surface area contributed by atoms with Gasteiger partial charge < -0.3 is 28.9 Å². The van der Waals surface area contributed by atoms with Gasteiger partial charge in [-0.2, -0.15) is 0 Å². The van der Waals surface area contributed by atoms with Gasteiger partial charge in [-0.15, -0.1) is 0 Å². The predicted molar refractivity (Wildman–Crippen MR) is 85.8 cm³/mol. The second-order valence-corrected chi connectivity index (χ2v) is 7.14. The van der Waals surface area contributed by atoms with Crippen LogP contribution in [0.25, 0.3) is 0 Å². The molecule has 0 heterocycles. The number of hydrogen-bond donors (Lipinski definition) is 2. The summed E-state index contributed by atoms with van der Waals surface area (Å²) in [6.45, 7) is 6.47. The van der Waals surface area contributed by atoms with Gasteiger partial charge in [0.25, 0.3) is 0 Å². The zero-order valence-electron chi connectivity index (χ0n) is 14.7. The largest absolute Gasteiger partial charge is 0.449 e. The summed E-state index contributed by atoms with van der Waals surface area (Å²) in [4.78, 5) is 45.7. The lowest BCUT2D eigenvalue weighted by Gasteiger charge is -2.15. The highest BCUT2D eigenvalue weighted by atomic mass is 31.1. The number of carbonyl (C=O) groups excluding carboxylic acids is 4. The molecule has 0 saturated heterocycles. The van der Waals surface area contributed by atoms with E-state index in [0.717, 1.165) is 0 Å². The molecule has 144 valence electrons. The van der Waals surface area contributed by atoms with E-state index in [9.17, 15) is 19.2 Å². The predicted octanol–water partition coefficient (Wildman–Crippen LogP) is -0.586. The minimum atomic E-state index is -1.90. The Labute approximate surface area is 146 Å². The van der Waals surface area contributed by atoms with Gasteiger partial charge in [0.2, 0.25) is 20.6 Å². The van der Waals surface area contributed by atoms with Gasteiger partial charge in [-0.05, 0) is 27.7 Å². The first-order valence-electron chi connectivity index (χ1n) is 7.43. The Morgan fingerprint density at radius 3 is 1.60 bits per heavy atom. The molecular weight excluding hydrogens is 359 g/mol. The van der Waals surface area contributed by atoms with Crippen LogP contribution >= 0.6 is 8.15 Å². The fraction of sp³-hybridized carbons (Fsp3) is 0.714. The molecule has 0 spiro atoms. The van der Waals surface area contributed by atoms with Gasteiger partial charge in [0.15, 0.2) is 6.10 Å². The van der Waals surface area contributed by atoms with Crippen LogP contribution in [0.4, 0.5) is 0 Å². The quantitative estimate of drug-likeness (QED) is 0.301. The van der Waals surface area contributed by atoms with Crippen molar-refractivity contribution in [1.29, 1.82) is 0 Å². The minimum absolute atomic E-state index is 0.219. The zero-order valence-corrected chi connectivity index (χ0v) is 15.7. The van der Waals surface area contributed by atoms with Gasteiger partial charge in [0, 0.05) is 0 Å². The molecule has 0 bridgehead atoms. The average Bonchev–Trinajstić information content (AvgIpc) is 2.51. The van der Waals surface area contributed by atoms with Crippen LogP contribution in [0.15, 0.2) is 0 Å². The molecule has 2 N–H and O–H groups in total. The third-order valence-electron chi connectivity index (χ3n) is 2.62. The van der Waals surface area contributed by atoms with Crippen molar-refractivity contribution in [2.45, 2.75) is 52.1 Å². The Morgan fingerprint density at radius 2 is 1.20 bits per heavy atom. The first-order valence-corrected chi connectivity index (χ1v) is 9.55. The molecule has 0 aromatic heterocycles. The van der Waals surface area contributed by atoms with Crippen LogP contribution in [-0.2, 0) is 37.9 Å². The number of hydrogen-bond acceptors (Lipinski definition) is 10. The van der Waals surface area contributed by atoms with Gasteiger partial charge in [0.05, 0.1) is 6.66 Å². The van der Waals surface area contributed by atoms with E-state index in [1.807, 2.05) is 0 Å². The van der Waals surface area contributed by atoms with Gasteiger partial charge in [0.1, 0.15) is 12.2 Å². The van der Waals surface area contributed by atoms with Crippen LogP contribution in [0.2, 0.25) is 0 Å². The minimum Gasteiger partial charge on any atom is -0.449 e. The summed E-state index contributed by atoms with van der Waals surface area (Å²) in [6, 6.07) is 0. The van der Waals surface area contributed by atoms with Crippen LogP contribution in [0.3, 0.4) is 0 Å². The molecule has 0 aliphatic heterocycles. The summed E-state index contributed by atoms with van der Waals surface area (Å²) in [5, 5.41) is 18.0. The fourth-order valence-electron chi connectivity index (χ4n) is 1.22. The van der Waals surface area contributed by atoms with Crippen LogP contribution in [-0.4, -0.2) is 71.5 Å². The number of carbonyl (C=O) groups is 4. The first-order chi connectivity index (χ1) is 11.5. The molecule has 0 fully saturated rings. The van der Waals surface area contributed by atoms with Gasteiger partial charge in [-0.1, -0.05) is 0 Å². The Balaban J connectivity index is 4.27. The zero-order chi connectivity index (χ0) is 19.7. The molecule has 0 radical (unpaired) electrons. The van der Waals surface area contributed by atoms with E-state index >= 15 is 0 Å². The molecule has 0 saturated carbocycles. The maximum Gasteiger partial charge on any atom is 0.389 e. The summed E-state index contributed by atoms with van der Waals surface area (Å²) >= 11 is 0. The highest BCUT2D eigenvalue weighted by Gasteiger charge is 2.29. The lowest BCUT2D eigenvalue weighted by molar-refractivity contribution is -0.170. The molecule has 25 heavy (non-hydrogen) atoms. The van der Waals surface area contributed by atoms with Crippen molar-refractivity contribution >= 4 is 32.0 Å². The second-order valence-electron chi connectivity index (χ2n) is 5.24. The van der Waals surface area contributed by atoms with Crippen molar-refractivity contribution in [3.63, 3.8) is 0 Å². The monoisotopic (exact) mass is 383 g/mol. The third-order valence-corrected chi connectivity index (χ3v) is 3.72. The Morgan fingerprint density at radius 1 is 0.800 bits per heavy atom. The molecule has 0 aliphatic rings. The SMILES string of the molecule is CC(O)C(=O)OC(C)C(=O)OC[PH+](C)OC(=O)C(C)OC(=O)C(C)O. The number of rotatable bonds is 9. The van der Waals surface area contributed by atoms with E-state index in [1.54, 1.807) is 0 Å². The smallest absolute Gasteiger partial charge is 0.389 e. The van der Waals surface area contributed by atoms with E-state index in [0.29, 0.717) is 0 Å². The van der Waals surface area contributed by atoms with Crippen LogP contribution in [0, 0.1) is 0 Å². The lowest BCUT2D eigenvalue weighted by Crippen LogP contribution is -2.31. The standard InChI is InChI=1S/C14H23O10P/c1-7(15)11(17)22-9(3)13(19)21-6-25(5)24-14(20)10(4)23-12(18)8(2)16/h7-10,15-16H,6H2,1-5H3/p+1. The molecule has 0 aromatic rings. The van der Waals surface area contributed by atoms with E-state index in [4.69, 9.17) is 19.5 Å². The highest BCUT2D eigenvalue weighted by Crippen LogP contribution is 2.32. The van der Waals surface area contributed by atoms with E-state index in [2.05, 4.69) is 9.47 Å². The Bertz CT molecular complexity index is 490. The van der Waals surface area contributed by atoms with E-state index in [1.165, 1.54) is 34.4 Å². The summed E-state index contributed by atoms with van der Waals surface area (Å²) in [6.07, 6.45) is -5.40. The molecule has 0 amide bonds. The molecule has 0 aromatic carbocycles. The van der Waals surface area contributed by atoms with Crippen molar-refractivity contribution in [2.24, 2.45) is 0 Å². The maximum absolute atomic E-state index is 11.7. The van der Waals surface area contributed by atoms with Crippen LogP contribution < -0.4 is 0 Å². The van der Waals surface area contributed by atoms with Crippen molar-refractivity contribution < 1.29 is 48.1 Å². The average molecular weight is 383 g/mol. The van der Waals surface area contributed by atoms with E-state index in [-0.39, 0.29) is 6.35 Å². The van der Waals surface area contributed by atoms with Crippen molar-refractivity contribution in [2.75, 3.05) is 13.0 Å². The molecule has 0 aliphatic carbocycles. The highest BCUT2D eigenvalue weighted by molar-refractivity contribution is 7.52. The number of ether oxygens (including phenoxy) is 3. The van der Waals surface area contributed by atoms with Gasteiger partial charge >= 0.3 is 23.9 Å². The molecule has 10 nitrogen and oxygen atoms in total. The normalized spacial score (nSPS) is 16.6. The molecule has 11 heteroatoms. The third kappa shape index (κ3) is 9.33. The van der Waals surface area contributed by atoms with Crippen molar-refractivity contribution in [3.05, 3.63) is 0 Å². The molecule has 0 rings (SSSR count).